The van der Waals surface area contributed by atoms with Gasteiger partial charge in [0.2, 0.25) is 5.91 Å². The summed E-state index contributed by atoms with van der Waals surface area (Å²) in [5.41, 5.74) is 0.460. The van der Waals surface area contributed by atoms with Crippen molar-refractivity contribution >= 4 is 18.0 Å². The summed E-state index contributed by atoms with van der Waals surface area (Å²) in [5, 5.41) is 0. The predicted octanol–water partition coefficient (Wildman–Crippen LogP) is 3.81. The smallest absolute Gasteiger partial charge is 0.280 e. The van der Waals surface area contributed by atoms with Crippen molar-refractivity contribution in [3.63, 3.8) is 0 Å². The van der Waals surface area contributed by atoms with Crippen LogP contribution in [0.25, 0.3) is 11.1 Å². The van der Waals surface area contributed by atoms with Gasteiger partial charge in [-0.15, -0.1) is 0 Å². The first kappa shape index (κ1) is 18.9. The first-order chi connectivity index (χ1) is 13.0. The number of ether oxygens (including phenoxy) is 1. The van der Waals surface area contributed by atoms with Crippen molar-refractivity contribution in [1.82, 2.24) is 9.97 Å². The maximum atomic E-state index is 13.1. The number of nitrogens with zero attached hydrogens (tertiary/aromatic N) is 3. The highest BCUT2D eigenvalue weighted by Crippen LogP contribution is 2.35. The Morgan fingerprint density at radius 1 is 1.15 bits per heavy atom. The van der Waals surface area contributed by atoms with Crippen molar-refractivity contribution in [2.45, 2.75) is 32.1 Å². The van der Waals surface area contributed by atoms with Crippen molar-refractivity contribution in [2.24, 2.45) is 0 Å². The van der Waals surface area contributed by atoms with Crippen LogP contribution in [0.2, 0.25) is 0 Å². The van der Waals surface area contributed by atoms with Crippen molar-refractivity contribution in [1.29, 1.82) is 0 Å². The molecule has 1 aliphatic heterocycles. The lowest BCUT2D eigenvalue weighted by molar-refractivity contribution is -0.118. The number of halogens is 2. The molecule has 0 unspecified atom stereocenters. The van der Waals surface area contributed by atoms with Crippen LogP contribution in [0, 0.1) is 0 Å². The lowest BCUT2D eigenvalue weighted by Gasteiger charge is -2.21. The third kappa shape index (κ3) is 3.94. The normalized spacial score (nSPS) is 15.0. The molecule has 0 spiro atoms. The van der Waals surface area contributed by atoms with Crippen LogP contribution >= 0.6 is 0 Å². The fourth-order valence-electron chi connectivity index (χ4n) is 3.11. The molecular formula is C19H19F2N3O3. The number of alkyl halides is 2. The molecular weight excluding hydrogens is 356 g/mol. The van der Waals surface area contributed by atoms with Gasteiger partial charge in [0.05, 0.1) is 13.3 Å². The molecule has 0 N–H and O–H groups in total. The zero-order chi connectivity index (χ0) is 19.4. The molecule has 8 heteroatoms. The minimum Gasteiger partial charge on any atom is -0.494 e. The minimum atomic E-state index is -2.76. The quantitative estimate of drug-likeness (QED) is 0.743. The van der Waals surface area contributed by atoms with Crippen LogP contribution in [-0.4, -0.2) is 35.8 Å². The molecule has 0 bridgehead atoms. The zero-order valence-corrected chi connectivity index (χ0v) is 14.8. The highest BCUT2D eigenvalue weighted by Gasteiger charge is 2.22. The summed E-state index contributed by atoms with van der Waals surface area (Å²) in [5.74, 6) is 0.599. The molecule has 27 heavy (non-hydrogen) atoms. The number of aromatic nitrogens is 2. The molecule has 0 atom stereocenters. The second-order valence-electron chi connectivity index (χ2n) is 6.21. The van der Waals surface area contributed by atoms with E-state index in [4.69, 9.17) is 4.74 Å². The second kappa shape index (κ2) is 8.20. The topological polar surface area (TPSA) is 72.4 Å². The van der Waals surface area contributed by atoms with Gasteiger partial charge in [0.15, 0.2) is 6.29 Å². The van der Waals surface area contributed by atoms with E-state index in [2.05, 4.69) is 9.97 Å². The number of aldehydes is 1. The van der Waals surface area contributed by atoms with E-state index in [-0.39, 0.29) is 17.2 Å². The number of amides is 1. The first-order valence-electron chi connectivity index (χ1n) is 8.63. The number of rotatable bonds is 5. The molecule has 3 heterocycles. The molecule has 142 valence electrons. The van der Waals surface area contributed by atoms with Gasteiger partial charge in [-0.3, -0.25) is 19.5 Å². The van der Waals surface area contributed by atoms with Gasteiger partial charge >= 0.3 is 0 Å². The monoisotopic (exact) mass is 375 g/mol. The molecule has 1 fully saturated rings. The van der Waals surface area contributed by atoms with E-state index in [0.29, 0.717) is 36.2 Å². The van der Waals surface area contributed by atoms with Gasteiger partial charge in [-0.1, -0.05) is 6.42 Å². The van der Waals surface area contributed by atoms with Crippen molar-refractivity contribution in [3.8, 4) is 16.9 Å². The highest BCUT2D eigenvalue weighted by molar-refractivity contribution is 5.95. The van der Waals surface area contributed by atoms with Crippen LogP contribution in [0.3, 0.4) is 0 Å². The van der Waals surface area contributed by atoms with Crippen molar-refractivity contribution < 1.29 is 23.1 Å². The Balaban J connectivity index is 2.13. The summed E-state index contributed by atoms with van der Waals surface area (Å²) in [6, 6.07) is 2.76. The van der Waals surface area contributed by atoms with Gasteiger partial charge in [-0.25, -0.2) is 13.8 Å². The molecule has 1 aliphatic rings. The minimum absolute atomic E-state index is 0.0419. The first-order valence-corrected chi connectivity index (χ1v) is 8.63. The van der Waals surface area contributed by atoms with E-state index < -0.39 is 12.1 Å². The molecule has 1 amide bonds. The van der Waals surface area contributed by atoms with Gasteiger partial charge in [-0.2, -0.15) is 0 Å². The second-order valence-corrected chi connectivity index (χ2v) is 6.21. The average Bonchev–Trinajstić information content (AvgIpc) is 2.91. The zero-order valence-electron chi connectivity index (χ0n) is 14.8. The number of carbonyl (C=O) groups excluding carboxylic acids is 2. The lowest BCUT2D eigenvalue weighted by atomic mass is 10.0. The largest absolute Gasteiger partial charge is 0.494 e. The molecule has 2 aromatic rings. The Kier molecular flexibility index (Phi) is 5.73. The SMILES string of the molecule is COc1cnc(C(F)F)cc1-c1cc(N2CCCCCC2=O)ncc1C=O. The standard InChI is InChI=1S/C19H19F2N3O3/c1-27-16-10-22-15(19(20)21)7-14(16)13-8-17(23-9-12(13)11-25)24-6-4-2-3-5-18(24)26/h7-11,19H,2-6H2,1H3. The number of hydrogen-bond acceptors (Lipinski definition) is 5. The Morgan fingerprint density at radius 2 is 1.96 bits per heavy atom. The molecule has 3 rings (SSSR count). The van der Waals surface area contributed by atoms with Gasteiger partial charge in [-0.05, 0) is 25.0 Å². The van der Waals surface area contributed by atoms with Crippen molar-refractivity contribution in [3.05, 3.63) is 35.8 Å². The van der Waals surface area contributed by atoms with Crippen LogP contribution in [0.4, 0.5) is 14.6 Å². The summed E-state index contributed by atoms with van der Waals surface area (Å²) in [6.45, 7) is 0.529. The maximum absolute atomic E-state index is 13.1. The number of anilines is 1. The molecule has 6 nitrogen and oxygen atoms in total. The molecule has 0 saturated carbocycles. The van der Waals surface area contributed by atoms with Gasteiger partial charge in [0, 0.05) is 35.9 Å². The molecule has 0 aromatic carbocycles. The summed E-state index contributed by atoms with van der Waals surface area (Å²) in [6.07, 6.45) is 3.44. The van der Waals surface area contributed by atoms with Crippen LogP contribution in [-0.2, 0) is 4.79 Å². The molecule has 0 radical (unpaired) electrons. The third-order valence-corrected chi connectivity index (χ3v) is 4.52. The lowest BCUT2D eigenvalue weighted by Crippen LogP contribution is -2.30. The van der Waals surface area contributed by atoms with Crippen molar-refractivity contribution in [2.75, 3.05) is 18.6 Å². The summed E-state index contributed by atoms with van der Waals surface area (Å²) in [7, 11) is 1.39. The fraction of sp³-hybridized carbons (Fsp3) is 0.368. The van der Waals surface area contributed by atoms with Crippen LogP contribution in [0.15, 0.2) is 24.5 Å². The van der Waals surface area contributed by atoms with Gasteiger partial charge in [0.1, 0.15) is 17.3 Å². The van der Waals surface area contributed by atoms with Crippen LogP contribution < -0.4 is 9.64 Å². The van der Waals surface area contributed by atoms with Gasteiger partial charge in [0.25, 0.3) is 6.43 Å². The summed E-state index contributed by atoms with van der Waals surface area (Å²) < 4.78 is 31.5. The fourth-order valence-corrected chi connectivity index (χ4v) is 3.11. The summed E-state index contributed by atoms with van der Waals surface area (Å²) >= 11 is 0. The Morgan fingerprint density at radius 3 is 2.67 bits per heavy atom. The van der Waals surface area contributed by atoms with E-state index in [0.717, 1.165) is 19.3 Å². The van der Waals surface area contributed by atoms with Crippen LogP contribution in [0.1, 0.15) is 48.2 Å². The van der Waals surface area contributed by atoms with E-state index in [9.17, 15) is 18.4 Å². The number of carbonyl (C=O) groups is 2. The Hall–Kier alpha value is -2.90. The molecule has 0 aliphatic carbocycles. The number of hydrogen-bond donors (Lipinski definition) is 0. The van der Waals surface area contributed by atoms with E-state index in [1.54, 1.807) is 11.0 Å². The van der Waals surface area contributed by atoms with E-state index in [1.165, 1.54) is 25.6 Å². The maximum Gasteiger partial charge on any atom is 0.280 e. The van der Waals surface area contributed by atoms with Crippen LogP contribution in [0.5, 0.6) is 5.75 Å². The third-order valence-electron chi connectivity index (χ3n) is 4.52. The van der Waals surface area contributed by atoms with Gasteiger partial charge < -0.3 is 4.74 Å². The van der Waals surface area contributed by atoms with E-state index >= 15 is 0 Å². The molecule has 1 saturated heterocycles. The summed E-state index contributed by atoms with van der Waals surface area (Å²) in [4.78, 5) is 33.4. The number of pyridine rings is 2. The number of methoxy groups -OCH3 is 1. The Labute approximate surface area is 155 Å². The Bertz CT molecular complexity index is 858. The highest BCUT2D eigenvalue weighted by atomic mass is 19.3. The average molecular weight is 375 g/mol. The molecule has 2 aromatic heterocycles. The van der Waals surface area contributed by atoms with E-state index in [1.807, 2.05) is 0 Å². The predicted molar refractivity (Wildman–Crippen MR) is 95.2 cm³/mol.